The SMILES string of the molecule is OCCOCCCNC1CNC1. The van der Waals surface area contributed by atoms with Gasteiger partial charge in [0.15, 0.2) is 0 Å². The summed E-state index contributed by atoms with van der Waals surface area (Å²) in [6.45, 7) is 4.53. The van der Waals surface area contributed by atoms with E-state index in [2.05, 4.69) is 10.6 Å². The molecule has 12 heavy (non-hydrogen) atoms. The van der Waals surface area contributed by atoms with Gasteiger partial charge in [0.25, 0.3) is 0 Å². The molecule has 0 radical (unpaired) electrons. The highest BCUT2D eigenvalue weighted by Gasteiger charge is 2.14. The molecular weight excluding hydrogens is 156 g/mol. The second kappa shape index (κ2) is 6.37. The molecule has 0 aromatic rings. The van der Waals surface area contributed by atoms with Crippen LogP contribution in [0.25, 0.3) is 0 Å². The molecule has 0 saturated carbocycles. The molecule has 1 heterocycles. The second-order valence-corrected chi connectivity index (χ2v) is 3.00. The zero-order valence-corrected chi connectivity index (χ0v) is 7.38. The largest absolute Gasteiger partial charge is 0.394 e. The Morgan fingerprint density at radius 2 is 2.25 bits per heavy atom. The topological polar surface area (TPSA) is 53.5 Å². The predicted octanol–water partition coefficient (Wildman–Crippen LogP) is -1.05. The molecule has 4 heteroatoms. The Labute approximate surface area is 73.3 Å². The first-order valence-corrected chi connectivity index (χ1v) is 4.56. The Balaban J connectivity index is 1.70. The fourth-order valence-electron chi connectivity index (χ4n) is 1.08. The fraction of sp³-hybridized carbons (Fsp3) is 1.00. The Hall–Kier alpha value is -0.160. The number of nitrogens with one attached hydrogen (secondary N) is 2. The molecule has 0 spiro atoms. The predicted molar refractivity (Wildman–Crippen MR) is 47.2 cm³/mol. The number of ether oxygens (including phenoxy) is 1. The van der Waals surface area contributed by atoms with Crippen molar-refractivity contribution in [3.05, 3.63) is 0 Å². The second-order valence-electron chi connectivity index (χ2n) is 3.00. The first-order chi connectivity index (χ1) is 5.93. The van der Waals surface area contributed by atoms with Gasteiger partial charge < -0.3 is 20.5 Å². The van der Waals surface area contributed by atoms with Crippen molar-refractivity contribution in [3.8, 4) is 0 Å². The van der Waals surface area contributed by atoms with Gasteiger partial charge in [0, 0.05) is 25.7 Å². The summed E-state index contributed by atoms with van der Waals surface area (Å²) in [5.41, 5.74) is 0. The van der Waals surface area contributed by atoms with Crippen molar-refractivity contribution >= 4 is 0 Å². The standard InChI is InChI=1S/C8H18N2O2/c11-3-5-12-4-1-2-10-8-6-9-7-8/h8-11H,1-7H2. The van der Waals surface area contributed by atoms with Gasteiger partial charge in [-0.3, -0.25) is 0 Å². The van der Waals surface area contributed by atoms with Gasteiger partial charge >= 0.3 is 0 Å². The minimum atomic E-state index is 0.125. The van der Waals surface area contributed by atoms with Crippen LogP contribution in [0.1, 0.15) is 6.42 Å². The third-order valence-electron chi connectivity index (χ3n) is 1.92. The third kappa shape index (κ3) is 4.01. The van der Waals surface area contributed by atoms with Crippen molar-refractivity contribution in [2.24, 2.45) is 0 Å². The molecule has 0 amide bonds. The molecule has 72 valence electrons. The van der Waals surface area contributed by atoms with Crippen LogP contribution in [0.15, 0.2) is 0 Å². The molecule has 0 atom stereocenters. The van der Waals surface area contributed by atoms with Crippen LogP contribution in [0.3, 0.4) is 0 Å². The van der Waals surface area contributed by atoms with Crippen LogP contribution in [0, 0.1) is 0 Å². The van der Waals surface area contributed by atoms with E-state index in [4.69, 9.17) is 9.84 Å². The molecule has 0 aromatic heterocycles. The molecule has 0 aliphatic carbocycles. The number of aliphatic hydroxyl groups is 1. The Kier molecular flexibility index (Phi) is 5.27. The lowest BCUT2D eigenvalue weighted by Crippen LogP contribution is -2.55. The maximum Gasteiger partial charge on any atom is 0.0697 e. The monoisotopic (exact) mass is 174 g/mol. The summed E-state index contributed by atoms with van der Waals surface area (Å²) in [4.78, 5) is 0. The molecule has 3 N–H and O–H groups in total. The molecule has 1 aliphatic heterocycles. The first kappa shape index (κ1) is 9.92. The Morgan fingerprint density at radius 1 is 1.42 bits per heavy atom. The van der Waals surface area contributed by atoms with Crippen LogP contribution < -0.4 is 10.6 Å². The lowest BCUT2D eigenvalue weighted by atomic mass is 10.2. The van der Waals surface area contributed by atoms with Crippen molar-refractivity contribution in [1.29, 1.82) is 0 Å². The molecule has 4 nitrogen and oxygen atoms in total. The molecule has 1 fully saturated rings. The van der Waals surface area contributed by atoms with Gasteiger partial charge in [0.1, 0.15) is 0 Å². The maximum atomic E-state index is 8.41. The highest BCUT2D eigenvalue weighted by Crippen LogP contribution is 1.90. The number of aliphatic hydroxyl groups excluding tert-OH is 1. The summed E-state index contributed by atoms with van der Waals surface area (Å²) in [5.74, 6) is 0. The minimum absolute atomic E-state index is 0.125. The lowest BCUT2D eigenvalue weighted by Gasteiger charge is -2.28. The van der Waals surface area contributed by atoms with Gasteiger partial charge in [0.2, 0.25) is 0 Å². The van der Waals surface area contributed by atoms with Crippen molar-refractivity contribution in [2.75, 3.05) is 39.5 Å². The van der Waals surface area contributed by atoms with E-state index in [1.807, 2.05) is 0 Å². The third-order valence-corrected chi connectivity index (χ3v) is 1.92. The van der Waals surface area contributed by atoms with Crippen molar-refractivity contribution in [2.45, 2.75) is 12.5 Å². The average molecular weight is 174 g/mol. The quantitative estimate of drug-likeness (QED) is 0.431. The number of hydrogen-bond acceptors (Lipinski definition) is 4. The molecule has 0 aromatic carbocycles. The van der Waals surface area contributed by atoms with Gasteiger partial charge in [-0.2, -0.15) is 0 Å². The van der Waals surface area contributed by atoms with Gasteiger partial charge in [-0.1, -0.05) is 0 Å². The first-order valence-electron chi connectivity index (χ1n) is 4.56. The van der Waals surface area contributed by atoms with Crippen LogP contribution in [-0.2, 0) is 4.74 Å². The van der Waals surface area contributed by atoms with Crippen molar-refractivity contribution in [3.63, 3.8) is 0 Å². The summed E-state index contributed by atoms with van der Waals surface area (Å²) in [5, 5.41) is 15.0. The van der Waals surface area contributed by atoms with Gasteiger partial charge in [-0.15, -0.1) is 0 Å². The average Bonchev–Trinajstić information content (AvgIpc) is 2.00. The van der Waals surface area contributed by atoms with E-state index in [1.165, 1.54) is 0 Å². The summed E-state index contributed by atoms with van der Waals surface area (Å²) < 4.78 is 5.11. The van der Waals surface area contributed by atoms with E-state index >= 15 is 0 Å². The zero-order chi connectivity index (χ0) is 8.65. The van der Waals surface area contributed by atoms with E-state index < -0.39 is 0 Å². The fourth-order valence-corrected chi connectivity index (χ4v) is 1.08. The van der Waals surface area contributed by atoms with E-state index in [9.17, 15) is 0 Å². The highest BCUT2D eigenvalue weighted by atomic mass is 16.5. The molecule has 1 rings (SSSR count). The van der Waals surface area contributed by atoms with Crippen LogP contribution in [0.4, 0.5) is 0 Å². The van der Waals surface area contributed by atoms with Crippen molar-refractivity contribution < 1.29 is 9.84 Å². The zero-order valence-electron chi connectivity index (χ0n) is 7.38. The van der Waals surface area contributed by atoms with Crippen LogP contribution in [-0.4, -0.2) is 50.6 Å². The summed E-state index contributed by atoms with van der Waals surface area (Å²) in [7, 11) is 0. The van der Waals surface area contributed by atoms with E-state index in [0.717, 1.165) is 32.7 Å². The van der Waals surface area contributed by atoms with Crippen LogP contribution in [0.2, 0.25) is 0 Å². The highest BCUT2D eigenvalue weighted by molar-refractivity contribution is 4.80. The maximum absolute atomic E-state index is 8.41. The normalized spacial score (nSPS) is 17.8. The molecule has 1 saturated heterocycles. The lowest BCUT2D eigenvalue weighted by molar-refractivity contribution is 0.0901. The van der Waals surface area contributed by atoms with Crippen LogP contribution >= 0.6 is 0 Å². The molecule has 0 bridgehead atoms. The minimum Gasteiger partial charge on any atom is -0.394 e. The van der Waals surface area contributed by atoms with Gasteiger partial charge in [0.05, 0.1) is 13.2 Å². The molecular formula is C8H18N2O2. The number of rotatable bonds is 7. The van der Waals surface area contributed by atoms with Gasteiger partial charge in [-0.05, 0) is 13.0 Å². The summed E-state index contributed by atoms with van der Waals surface area (Å²) in [6, 6.07) is 0.669. The Bertz CT molecular complexity index is 107. The smallest absolute Gasteiger partial charge is 0.0697 e. The molecule has 0 unspecified atom stereocenters. The van der Waals surface area contributed by atoms with E-state index in [0.29, 0.717) is 12.6 Å². The van der Waals surface area contributed by atoms with E-state index in [1.54, 1.807) is 0 Å². The summed E-state index contributed by atoms with van der Waals surface area (Å²) >= 11 is 0. The number of hydrogen-bond donors (Lipinski definition) is 3. The molecule has 1 aliphatic rings. The summed E-state index contributed by atoms with van der Waals surface area (Å²) in [6.07, 6.45) is 1.02. The Morgan fingerprint density at radius 3 is 2.83 bits per heavy atom. The van der Waals surface area contributed by atoms with Crippen LogP contribution in [0.5, 0.6) is 0 Å². The van der Waals surface area contributed by atoms with E-state index in [-0.39, 0.29) is 6.61 Å². The van der Waals surface area contributed by atoms with Gasteiger partial charge in [-0.25, -0.2) is 0 Å². The van der Waals surface area contributed by atoms with Crippen molar-refractivity contribution in [1.82, 2.24) is 10.6 Å².